The maximum Gasteiger partial charge on any atom is 0.179 e. The molecule has 30 heavy (non-hydrogen) atoms. The first-order chi connectivity index (χ1) is 14.9. The van der Waals surface area contributed by atoms with Gasteiger partial charge in [-0.1, -0.05) is 30.3 Å². The molecule has 1 aliphatic rings. The van der Waals surface area contributed by atoms with Crippen molar-refractivity contribution in [2.45, 2.75) is 25.2 Å². The van der Waals surface area contributed by atoms with Crippen molar-refractivity contribution in [1.29, 1.82) is 0 Å². The number of benzene rings is 2. The average Bonchev–Trinajstić information content (AvgIpc) is 3.48. The molecule has 0 amide bonds. The van der Waals surface area contributed by atoms with Gasteiger partial charge in [-0.05, 0) is 72.5 Å². The van der Waals surface area contributed by atoms with E-state index in [1.165, 1.54) is 29.3 Å². The number of tetrazole rings is 1. The maximum atomic E-state index is 5.95. The molecule has 0 unspecified atom stereocenters. The van der Waals surface area contributed by atoms with E-state index in [0.29, 0.717) is 18.3 Å². The van der Waals surface area contributed by atoms with E-state index < -0.39 is 0 Å². The number of nitrogens with zero attached hydrogens (tertiary/aromatic N) is 4. The molecule has 0 saturated carbocycles. The molecule has 0 spiro atoms. The summed E-state index contributed by atoms with van der Waals surface area (Å²) < 4.78 is 5.95. The second-order valence-electron chi connectivity index (χ2n) is 7.89. The monoisotopic (exact) mass is 402 g/mol. The highest BCUT2D eigenvalue weighted by Gasteiger charge is 2.22. The van der Waals surface area contributed by atoms with Crippen molar-refractivity contribution in [3.8, 4) is 17.1 Å². The van der Waals surface area contributed by atoms with Crippen LogP contribution < -0.4 is 4.74 Å². The number of likely N-dealkylation sites (tertiary alicyclic amines) is 1. The quantitative estimate of drug-likeness (QED) is 0.457. The van der Waals surface area contributed by atoms with Gasteiger partial charge in [0, 0.05) is 29.2 Å². The molecule has 2 aromatic heterocycles. The van der Waals surface area contributed by atoms with Crippen LogP contribution in [-0.4, -0.2) is 56.7 Å². The number of para-hydroxylation sites is 1. The number of fused-ring (bicyclic) bond motifs is 1. The lowest BCUT2D eigenvalue weighted by Crippen LogP contribution is -2.34. The molecular weight excluding hydrogens is 376 g/mol. The Labute approximate surface area is 175 Å². The summed E-state index contributed by atoms with van der Waals surface area (Å²) in [7, 11) is 0. The van der Waals surface area contributed by atoms with E-state index in [4.69, 9.17) is 4.74 Å². The van der Waals surface area contributed by atoms with Gasteiger partial charge in [0.2, 0.25) is 0 Å². The zero-order valence-electron chi connectivity index (χ0n) is 16.9. The van der Waals surface area contributed by atoms with Crippen LogP contribution in [0.2, 0.25) is 0 Å². The molecule has 1 fully saturated rings. The van der Waals surface area contributed by atoms with Crippen LogP contribution in [0.5, 0.6) is 5.75 Å². The predicted molar refractivity (Wildman–Crippen MR) is 116 cm³/mol. The van der Waals surface area contributed by atoms with Gasteiger partial charge < -0.3 is 14.6 Å². The predicted octanol–water partition coefficient (Wildman–Crippen LogP) is 4.00. The first kappa shape index (κ1) is 18.8. The Morgan fingerprint density at radius 2 is 1.97 bits per heavy atom. The minimum absolute atomic E-state index is 0.651. The third-order valence-electron chi connectivity index (χ3n) is 5.99. The van der Waals surface area contributed by atoms with Crippen molar-refractivity contribution in [3.05, 3.63) is 60.3 Å². The van der Waals surface area contributed by atoms with Crippen molar-refractivity contribution in [3.63, 3.8) is 0 Å². The zero-order chi connectivity index (χ0) is 20.2. The van der Waals surface area contributed by atoms with E-state index in [2.05, 4.69) is 61.0 Å². The van der Waals surface area contributed by atoms with Crippen LogP contribution in [0.3, 0.4) is 0 Å². The Kier molecular flexibility index (Phi) is 5.44. The lowest BCUT2D eigenvalue weighted by molar-refractivity contribution is 0.193. The molecule has 5 rings (SSSR count). The fourth-order valence-electron chi connectivity index (χ4n) is 4.39. The van der Waals surface area contributed by atoms with Gasteiger partial charge >= 0.3 is 0 Å². The molecule has 7 nitrogen and oxygen atoms in total. The Morgan fingerprint density at radius 1 is 1.07 bits per heavy atom. The van der Waals surface area contributed by atoms with Crippen LogP contribution in [0, 0.1) is 0 Å². The van der Waals surface area contributed by atoms with E-state index in [1.807, 2.05) is 24.3 Å². The fraction of sp³-hybridized carbons (Fsp3) is 0.348. The fourth-order valence-corrected chi connectivity index (χ4v) is 4.39. The van der Waals surface area contributed by atoms with Crippen molar-refractivity contribution < 1.29 is 4.74 Å². The van der Waals surface area contributed by atoms with Gasteiger partial charge in [0.15, 0.2) is 5.82 Å². The molecular formula is C23H26N6O. The molecule has 0 radical (unpaired) electrons. The minimum Gasteiger partial charge on any atom is -0.494 e. The van der Waals surface area contributed by atoms with Crippen molar-refractivity contribution >= 4 is 10.9 Å². The van der Waals surface area contributed by atoms with E-state index in [-0.39, 0.29) is 0 Å². The number of hydrogen-bond donors (Lipinski definition) is 2. The van der Waals surface area contributed by atoms with Gasteiger partial charge in [0.25, 0.3) is 0 Å². The van der Waals surface area contributed by atoms with Gasteiger partial charge in [0.1, 0.15) is 5.75 Å². The van der Waals surface area contributed by atoms with Crippen LogP contribution in [0.15, 0.2) is 54.7 Å². The number of nitrogens with one attached hydrogen (secondary N) is 2. The van der Waals surface area contributed by atoms with Crippen molar-refractivity contribution in [2.24, 2.45) is 0 Å². The second kappa shape index (κ2) is 8.67. The van der Waals surface area contributed by atoms with Crippen LogP contribution in [-0.2, 0) is 0 Å². The summed E-state index contributed by atoms with van der Waals surface area (Å²) in [5.41, 5.74) is 3.66. The Balaban J connectivity index is 1.08. The molecule has 2 aromatic carbocycles. The summed E-state index contributed by atoms with van der Waals surface area (Å²) in [6.07, 6.45) is 5.67. The van der Waals surface area contributed by atoms with Gasteiger partial charge in [-0.2, -0.15) is 0 Å². The summed E-state index contributed by atoms with van der Waals surface area (Å²) in [5, 5.41) is 15.4. The molecule has 1 saturated heterocycles. The van der Waals surface area contributed by atoms with Crippen molar-refractivity contribution in [1.82, 2.24) is 30.5 Å². The summed E-state index contributed by atoms with van der Waals surface area (Å²) in [5.74, 6) is 2.16. The second-order valence-corrected chi connectivity index (χ2v) is 7.89. The zero-order valence-corrected chi connectivity index (χ0v) is 16.9. The molecule has 7 heteroatoms. The molecule has 0 atom stereocenters. The van der Waals surface area contributed by atoms with Gasteiger partial charge in [0.05, 0.1) is 6.61 Å². The van der Waals surface area contributed by atoms with E-state index in [9.17, 15) is 0 Å². The molecule has 154 valence electrons. The molecule has 1 aliphatic heterocycles. The topological polar surface area (TPSA) is 82.7 Å². The number of piperidine rings is 1. The molecule has 3 heterocycles. The number of rotatable bonds is 7. The number of H-pyrrole nitrogens is 2. The summed E-state index contributed by atoms with van der Waals surface area (Å²) in [6.45, 7) is 4.09. The first-order valence-electron chi connectivity index (χ1n) is 10.6. The summed E-state index contributed by atoms with van der Waals surface area (Å²) >= 11 is 0. The number of ether oxygens (including phenoxy) is 1. The highest BCUT2D eigenvalue weighted by atomic mass is 16.5. The molecule has 0 aliphatic carbocycles. The Bertz CT molecular complexity index is 1080. The normalized spacial score (nSPS) is 15.6. The summed E-state index contributed by atoms with van der Waals surface area (Å²) in [6, 6.07) is 16.5. The standard InChI is InChI=1S/C23H26N6O/c1-2-8-22-20(7-1)21(16-24-22)17-9-12-29(13-10-17)11-4-14-30-19-6-3-5-18(15-19)23-25-27-28-26-23/h1-3,5-8,15-17,24H,4,9-14H2,(H,25,26,27,28). The van der Waals surface area contributed by atoms with Crippen LogP contribution in [0.4, 0.5) is 0 Å². The third kappa shape index (κ3) is 4.07. The van der Waals surface area contributed by atoms with Gasteiger partial charge in [-0.25, -0.2) is 5.10 Å². The van der Waals surface area contributed by atoms with E-state index >= 15 is 0 Å². The minimum atomic E-state index is 0.651. The van der Waals surface area contributed by atoms with Crippen molar-refractivity contribution in [2.75, 3.05) is 26.2 Å². The smallest absolute Gasteiger partial charge is 0.179 e. The van der Waals surface area contributed by atoms with E-state index in [1.54, 1.807) is 0 Å². The third-order valence-corrected chi connectivity index (χ3v) is 5.99. The first-order valence-corrected chi connectivity index (χ1v) is 10.6. The Hall–Kier alpha value is -3.19. The Morgan fingerprint density at radius 3 is 2.83 bits per heavy atom. The largest absolute Gasteiger partial charge is 0.494 e. The maximum absolute atomic E-state index is 5.95. The molecule has 0 bridgehead atoms. The van der Waals surface area contributed by atoms with Crippen LogP contribution in [0.1, 0.15) is 30.7 Å². The lowest BCUT2D eigenvalue weighted by atomic mass is 9.89. The lowest BCUT2D eigenvalue weighted by Gasteiger charge is -2.31. The van der Waals surface area contributed by atoms with E-state index in [0.717, 1.165) is 37.4 Å². The number of aromatic amines is 2. The number of hydrogen-bond acceptors (Lipinski definition) is 5. The summed E-state index contributed by atoms with van der Waals surface area (Å²) in [4.78, 5) is 5.98. The number of aromatic nitrogens is 5. The van der Waals surface area contributed by atoms with Crippen LogP contribution >= 0.6 is 0 Å². The van der Waals surface area contributed by atoms with Gasteiger partial charge in [-0.15, -0.1) is 5.10 Å². The highest BCUT2D eigenvalue weighted by Crippen LogP contribution is 2.33. The molecule has 4 aromatic rings. The van der Waals surface area contributed by atoms with Crippen LogP contribution in [0.25, 0.3) is 22.3 Å². The highest BCUT2D eigenvalue weighted by molar-refractivity contribution is 5.83. The SMILES string of the molecule is c1cc(OCCCN2CCC(c3c[nH]c4ccccc34)CC2)cc(-c2nnn[nH]2)c1. The average molecular weight is 403 g/mol. The molecule has 2 N–H and O–H groups in total. The van der Waals surface area contributed by atoms with Gasteiger partial charge in [-0.3, -0.25) is 0 Å².